The van der Waals surface area contributed by atoms with Crippen molar-refractivity contribution in [3.05, 3.63) is 187 Å². The second kappa shape index (κ2) is 12.0. The van der Waals surface area contributed by atoms with E-state index in [0.717, 1.165) is 50.3 Å². The van der Waals surface area contributed by atoms with Crippen LogP contribution >= 0.6 is 0 Å². The Morgan fingerprint density at radius 2 is 1.06 bits per heavy atom. The van der Waals surface area contributed by atoms with E-state index in [2.05, 4.69) is 158 Å². The van der Waals surface area contributed by atoms with Crippen molar-refractivity contribution >= 4 is 60.1 Å². The second-order valence-corrected chi connectivity index (χ2v) is 11.9. The van der Waals surface area contributed by atoms with Gasteiger partial charge in [0.25, 0.3) is 0 Å². The van der Waals surface area contributed by atoms with Crippen LogP contribution in [0.15, 0.2) is 176 Å². The van der Waals surface area contributed by atoms with Gasteiger partial charge in [0.05, 0.1) is 11.4 Å². The summed E-state index contributed by atoms with van der Waals surface area (Å²) < 4.78 is 0. The summed E-state index contributed by atoms with van der Waals surface area (Å²) in [4.78, 5) is 9.98. The summed E-state index contributed by atoms with van der Waals surface area (Å²) in [6, 6.07) is 53.4. The van der Waals surface area contributed by atoms with Crippen LogP contribution in [0.3, 0.4) is 0 Å². The molecular formula is C45H32N2. The summed E-state index contributed by atoms with van der Waals surface area (Å²) in [5, 5.41) is 9.66. The van der Waals surface area contributed by atoms with Gasteiger partial charge in [-0.1, -0.05) is 134 Å². The van der Waals surface area contributed by atoms with Crippen LogP contribution in [0, 0.1) is 0 Å². The number of benzene rings is 7. The van der Waals surface area contributed by atoms with Gasteiger partial charge < -0.3 is 0 Å². The molecule has 1 heterocycles. The van der Waals surface area contributed by atoms with Crippen LogP contribution in [0.2, 0.25) is 0 Å². The zero-order valence-electron chi connectivity index (χ0n) is 26.2. The summed E-state index contributed by atoms with van der Waals surface area (Å²) >= 11 is 0. The van der Waals surface area contributed by atoms with Gasteiger partial charge in [-0.3, -0.25) is 9.98 Å². The fourth-order valence-electron chi connectivity index (χ4n) is 6.67. The Labute approximate surface area is 274 Å². The zero-order valence-corrected chi connectivity index (χ0v) is 26.2. The average molecular weight is 601 g/mol. The third-order valence-corrected chi connectivity index (χ3v) is 9.02. The summed E-state index contributed by atoms with van der Waals surface area (Å²) in [5.41, 5.74) is 7.99. The first kappa shape index (κ1) is 28.4. The lowest BCUT2D eigenvalue weighted by atomic mass is 9.93. The quantitative estimate of drug-likeness (QED) is 0.106. The van der Waals surface area contributed by atoms with Gasteiger partial charge in [-0.05, 0) is 91.5 Å². The molecule has 0 aliphatic carbocycles. The van der Waals surface area contributed by atoms with Crippen molar-refractivity contribution in [3.8, 4) is 11.3 Å². The Bertz CT molecular complexity index is 2520. The molecule has 0 N–H and O–H groups in total. The maximum absolute atomic E-state index is 5.47. The maximum atomic E-state index is 5.47. The molecule has 47 heavy (non-hydrogen) atoms. The molecule has 0 radical (unpaired) electrons. The molecule has 0 bridgehead atoms. The molecule has 0 spiro atoms. The summed E-state index contributed by atoms with van der Waals surface area (Å²) in [7, 11) is 0. The van der Waals surface area contributed by atoms with E-state index in [9.17, 15) is 0 Å². The van der Waals surface area contributed by atoms with E-state index in [1.165, 1.54) is 37.7 Å². The SMILES string of the molecule is C=C(/C=C(\N=C(C)c1cc2ccccc2c2ccccc12)c1cc2ccccc2c2ccccc12)c1ccc(-c2ccccn2)cc1. The van der Waals surface area contributed by atoms with E-state index >= 15 is 0 Å². The number of fused-ring (bicyclic) bond motifs is 6. The number of hydrogen-bond acceptors (Lipinski definition) is 2. The number of nitrogens with zero attached hydrogens (tertiary/aromatic N) is 2. The monoisotopic (exact) mass is 600 g/mol. The van der Waals surface area contributed by atoms with Gasteiger partial charge in [0.2, 0.25) is 0 Å². The van der Waals surface area contributed by atoms with Crippen LogP contribution in [0.4, 0.5) is 0 Å². The van der Waals surface area contributed by atoms with E-state index in [0.29, 0.717) is 0 Å². The lowest BCUT2D eigenvalue weighted by Crippen LogP contribution is -1.99. The van der Waals surface area contributed by atoms with Gasteiger partial charge in [0, 0.05) is 28.6 Å². The van der Waals surface area contributed by atoms with Crippen molar-refractivity contribution < 1.29 is 0 Å². The normalized spacial score (nSPS) is 12.3. The molecule has 0 saturated heterocycles. The first-order valence-electron chi connectivity index (χ1n) is 15.9. The highest BCUT2D eigenvalue weighted by Gasteiger charge is 2.14. The smallest absolute Gasteiger partial charge is 0.0717 e. The van der Waals surface area contributed by atoms with Crippen LogP contribution in [-0.4, -0.2) is 10.7 Å². The Kier molecular flexibility index (Phi) is 7.24. The molecule has 0 amide bonds. The Balaban J connectivity index is 1.33. The standard InChI is InChI=1S/C45H32N2/c1-30(32-22-24-33(25-23-32)44-21-11-12-26-46-44)27-45(43-29-35-14-4-6-16-37(35)39-18-8-10-20-41(39)43)47-31(2)42-28-34-13-3-5-15-36(34)38-17-7-9-19-40(38)42/h3-29H,1H2,2H3/b45-27-,47-31?. The molecule has 0 unspecified atom stereocenters. The van der Waals surface area contributed by atoms with E-state index in [1.807, 2.05) is 24.4 Å². The van der Waals surface area contributed by atoms with E-state index in [-0.39, 0.29) is 0 Å². The van der Waals surface area contributed by atoms with Gasteiger partial charge in [-0.2, -0.15) is 0 Å². The van der Waals surface area contributed by atoms with Crippen LogP contribution in [0.1, 0.15) is 23.6 Å². The number of aromatic nitrogens is 1. The van der Waals surface area contributed by atoms with Crippen molar-refractivity contribution in [3.63, 3.8) is 0 Å². The van der Waals surface area contributed by atoms with Crippen molar-refractivity contribution in [1.82, 2.24) is 4.98 Å². The van der Waals surface area contributed by atoms with Crippen molar-refractivity contribution in [1.29, 1.82) is 0 Å². The highest BCUT2D eigenvalue weighted by molar-refractivity contribution is 6.20. The first-order valence-corrected chi connectivity index (χ1v) is 15.9. The number of hydrogen-bond donors (Lipinski definition) is 0. The largest absolute Gasteiger partial charge is 0.256 e. The first-order chi connectivity index (χ1) is 23.1. The molecule has 8 aromatic rings. The molecule has 0 aliphatic heterocycles. The van der Waals surface area contributed by atoms with E-state index < -0.39 is 0 Å². The number of rotatable bonds is 6. The molecule has 2 nitrogen and oxygen atoms in total. The molecule has 0 fully saturated rings. The summed E-state index contributed by atoms with van der Waals surface area (Å²) in [6.07, 6.45) is 3.96. The van der Waals surface area contributed by atoms with Crippen LogP contribution in [-0.2, 0) is 0 Å². The zero-order chi connectivity index (χ0) is 31.7. The Hall–Kier alpha value is -6.12. The minimum Gasteiger partial charge on any atom is -0.256 e. The van der Waals surface area contributed by atoms with Crippen LogP contribution < -0.4 is 0 Å². The van der Waals surface area contributed by atoms with Crippen molar-refractivity contribution in [2.24, 2.45) is 4.99 Å². The van der Waals surface area contributed by atoms with Gasteiger partial charge in [-0.25, -0.2) is 0 Å². The molecule has 0 aliphatic rings. The van der Waals surface area contributed by atoms with E-state index in [4.69, 9.17) is 4.99 Å². The predicted molar refractivity (Wildman–Crippen MR) is 202 cm³/mol. The Morgan fingerprint density at radius 1 is 0.553 bits per heavy atom. The molecule has 7 aromatic carbocycles. The number of aliphatic imine (C=N–C) groups is 1. The minimum atomic E-state index is 0.875. The molecule has 2 heteroatoms. The van der Waals surface area contributed by atoms with E-state index in [1.54, 1.807) is 0 Å². The van der Waals surface area contributed by atoms with Gasteiger partial charge >= 0.3 is 0 Å². The number of allylic oxidation sites excluding steroid dienone is 2. The third-order valence-electron chi connectivity index (χ3n) is 9.02. The molecular weight excluding hydrogens is 569 g/mol. The molecule has 0 atom stereocenters. The highest BCUT2D eigenvalue weighted by atomic mass is 14.8. The lowest BCUT2D eigenvalue weighted by molar-refractivity contribution is 1.33. The van der Waals surface area contributed by atoms with Crippen molar-refractivity contribution in [2.45, 2.75) is 6.92 Å². The van der Waals surface area contributed by atoms with Crippen LogP contribution in [0.25, 0.3) is 65.6 Å². The van der Waals surface area contributed by atoms with Crippen LogP contribution in [0.5, 0.6) is 0 Å². The Morgan fingerprint density at radius 3 is 1.66 bits per heavy atom. The van der Waals surface area contributed by atoms with Gasteiger partial charge in [-0.15, -0.1) is 0 Å². The predicted octanol–water partition coefficient (Wildman–Crippen LogP) is 11.9. The van der Waals surface area contributed by atoms with Crippen molar-refractivity contribution in [2.75, 3.05) is 0 Å². The van der Waals surface area contributed by atoms with Gasteiger partial charge in [0.1, 0.15) is 0 Å². The molecule has 1 aromatic heterocycles. The molecule has 222 valence electrons. The highest BCUT2D eigenvalue weighted by Crippen LogP contribution is 2.36. The second-order valence-electron chi connectivity index (χ2n) is 11.9. The topological polar surface area (TPSA) is 25.2 Å². The average Bonchev–Trinajstić information content (AvgIpc) is 3.14. The summed E-state index contributed by atoms with van der Waals surface area (Å²) in [5.74, 6) is 0. The summed E-state index contributed by atoms with van der Waals surface area (Å²) in [6.45, 7) is 6.67. The van der Waals surface area contributed by atoms with Gasteiger partial charge in [0.15, 0.2) is 0 Å². The molecule has 8 rings (SSSR count). The lowest BCUT2D eigenvalue weighted by Gasteiger charge is -2.15. The molecule has 0 saturated carbocycles. The minimum absolute atomic E-state index is 0.875. The third kappa shape index (κ3) is 5.30. The number of pyridine rings is 1. The maximum Gasteiger partial charge on any atom is 0.0717 e. The fourth-order valence-corrected chi connectivity index (χ4v) is 6.67. The fraction of sp³-hybridized carbons (Fsp3) is 0.0222.